The molecule has 0 aromatic rings. The number of carbonyl (C=O) groups excluding carboxylic acids is 1. The van der Waals surface area contributed by atoms with Gasteiger partial charge in [0, 0.05) is 6.42 Å². The maximum Gasteiger partial charge on any atom is 0.220 e. The fourth-order valence-electron chi connectivity index (χ4n) is 7.21. The summed E-state index contributed by atoms with van der Waals surface area (Å²) in [7, 11) is 0. The smallest absolute Gasteiger partial charge is 0.220 e. The number of rotatable bonds is 34. The van der Waals surface area contributed by atoms with Crippen LogP contribution < -0.4 is 5.32 Å². The Bertz CT molecular complexity index is 1400. The van der Waals surface area contributed by atoms with Crippen LogP contribution in [0.1, 0.15) is 129 Å². The van der Waals surface area contributed by atoms with Crippen LogP contribution in [0.5, 0.6) is 0 Å². The van der Waals surface area contributed by atoms with Crippen molar-refractivity contribution in [1.29, 1.82) is 0 Å². The maximum absolute atomic E-state index is 13.1. The van der Waals surface area contributed by atoms with Gasteiger partial charge in [-0.3, -0.25) is 4.79 Å². The van der Waals surface area contributed by atoms with Crippen LogP contribution >= 0.6 is 0 Å². The molecule has 2 aliphatic rings. The predicted octanol–water partition coefficient (Wildman–Crippen LogP) is 5.43. The van der Waals surface area contributed by atoms with Gasteiger partial charge in [-0.2, -0.15) is 0 Å². The first-order valence-electron chi connectivity index (χ1n) is 23.8. The summed E-state index contributed by atoms with van der Waals surface area (Å²) < 4.78 is 22.6. The quantitative estimate of drug-likeness (QED) is 0.0291. The third-order valence-electron chi connectivity index (χ3n) is 11.1. The molecule has 0 spiro atoms. The summed E-state index contributed by atoms with van der Waals surface area (Å²) in [6.45, 7) is 2.57. The molecule has 0 aliphatic carbocycles. The lowest BCUT2D eigenvalue weighted by atomic mass is 9.97. The summed E-state index contributed by atoms with van der Waals surface area (Å²) in [5.41, 5.74) is 0. The molecular weight excluding hydrogens is 823 g/mol. The van der Waals surface area contributed by atoms with Gasteiger partial charge in [0.25, 0.3) is 0 Å². The standard InChI is InChI=1S/C50H83NO13/c1-3-5-7-9-10-11-12-13-14-15-16-17-18-19-20-21-22-23-24-25-26-27-28-30-32-34-42(55)51-38(39(54)33-31-29-8-6-4-2)37-61-49-47(60)45(58)48(41(36-53)63-49)64-50-46(59)44(57)43(56)40(35-52)62-50/h5,7,10-11,13-14,16-17,19-20,22-23,25-26,38-41,43-50,52-54,56-60H,3-4,6,8-9,12,15,18,21,24,27-37H2,1-2H3,(H,51,55)/b7-5-,11-10-,14-13-,17-16-,20-19-,23-22-,26-25-. The van der Waals surface area contributed by atoms with Gasteiger partial charge in [-0.1, -0.05) is 137 Å². The van der Waals surface area contributed by atoms with Crippen LogP contribution in [0.25, 0.3) is 0 Å². The lowest BCUT2D eigenvalue weighted by Gasteiger charge is -2.46. The third kappa shape index (κ3) is 23.6. The van der Waals surface area contributed by atoms with Crippen LogP contribution in [-0.4, -0.2) is 140 Å². The molecule has 0 bridgehead atoms. The van der Waals surface area contributed by atoms with Crippen molar-refractivity contribution in [2.45, 2.75) is 203 Å². The Kier molecular flexibility index (Phi) is 32.5. The minimum absolute atomic E-state index is 0.252. The Labute approximate surface area is 382 Å². The normalized spacial score (nSPS) is 28.0. The highest BCUT2D eigenvalue weighted by Gasteiger charge is 2.51. The van der Waals surface area contributed by atoms with E-state index in [9.17, 15) is 45.6 Å². The van der Waals surface area contributed by atoms with Gasteiger partial charge in [-0.05, 0) is 70.6 Å². The molecule has 2 fully saturated rings. The number of aliphatic hydroxyl groups excluding tert-OH is 8. The number of ether oxygens (including phenoxy) is 4. The topological polar surface area (TPSA) is 228 Å². The number of aliphatic hydroxyl groups is 8. The molecule has 1 amide bonds. The molecule has 0 aromatic heterocycles. The van der Waals surface area contributed by atoms with Gasteiger partial charge in [0.1, 0.15) is 48.8 Å². The second-order valence-corrected chi connectivity index (χ2v) is 16.5. The molecule has 2 rings (SSSR count). The first-order valence-corrected chi connectivity index (χ1v) is 23.8. The van der Waals surface area contributed by atoms with E-state index in [2.05, 4.69) is 104 Å². The molecule has 0 radical (unpaired) electrons. The molecule has 9 N–H and O–H groups in total. The highest BCUT2D eigenvalue weighted by atomic mass is 16.7. The Hall–Kier alpha value is -2.83. The summed E-state index contributed by atoms with van der Waals surface area (Å²) in [5, 5.41) is 86.2. The van der Waals surface area contributed by atoms with E-state index in [1.54, 1.807) is 0 Å². The van der Waals surface area contributed by atoms with Crippen molar-refractivity contribution in [3.63, 3.8) is 0 Å². The van der Waals surface area contributed by atoms with E-state index in [1.165, 1.54) is 0 Å². The molecule has 0 aromatic carbocycles. The number of amides is 1. The second-order valence-electron chi connectivity index (χ2n) is 16.5. The van der Waals surface area contributed by atoms with E-state index in [0.29, 0.717) is 12.8 Å². The van der Waals surface area contributed by atoms with E-state index >= 15 is 0 Å². The zero-order chi connectivity index (χ0) is 46.8. The Morgan fingerprint density at radius 3 is 1.62 bits per heavy atom. The van der Waals surface area contributed by atoms with Crippen molar-refractivity contribution in [1.82, 2.24) is 5.32 Å². The average molecular weight is 906 g/mol. The summed E-state index contributed by atoms with van der Waals surface area (Å²) in [5.74, 6) is -0.252. The fourth-order valence-corrected chi connectivity index (χ4v) is 7.21. The first-order chi connectivity index (χ1) is 31.1. The number of hydrogen-bond acceptors (Lipinski definition) is 13. The molecule has 12 unspecified atom stereocenters. The number of hydrogen-bond donors (Lipinski definition) is 9. The monoisotopic (exact) mass is 906 g/mol. The minimum Gasteiger partial charge on any atom is -0.394 e. The molecule has 12 atom stereocenters. The third-order valence-corrected chi connectivity index (χ3v) is 11.1. The van der Waals surface area contributed by atoms with Crippen LogP contribution in [-0.2, 0) is 23.7 Å². The van der Waals surface area contributed by atoms with E-state index in [1.807, 2.05) is 0 Å². The van der Waals surface area contributed by atoms with Gasteiger partial charge >= 0.3 is 0 Å². The number of unbranched alkanes of at least 4 members (excludes halogenated alkanes) is 7. The molecule has 64 heavy (non-hydrogen) atoms. The van der Waals surface area contributed by atoms with Crippen LogP contribution in [0, 0.1) is 0 Å². The first kappa shape index (κ1) is 57.3. The molecule has 2 aliphatic heterocycles. The molecule has 2 heterocycles. The minimum atomic E-state index is -1.79. The van der Waals surface area contributed by atoms with Crippen LogP contribution in [0.3, 0.4) is 0 Å². The van der Waals surface area contributed by atoms with Crippen molar-refractivity contribution in [3.05, 3.63) is 85.1 Å². The van der Waals surface area contributed by atoms with Crippen molar-refractivity contribution in [2.75, 3.05) is 19.8 Å². The van der Waals surface area contributed by atoms with Crippen LogP contribution in [0.2, 0.25) is 0 Å². The van der Waals surface area contributed by atoms with Gasteiger partial charge in [0.05, 0.1) is 32.0 Å². The SMILES string of the molecule is CC/C=C\C/C=C\C/C=C\C/C=C\C/C=C\C/C=C\C/C=C\CCCCCC(=O)NC(COC1OC(CO)C(OC2OC(CO)C(O)C(O)C2O)C(O)C1O)C(O)CCCCCCC. The number of carbonyl (C=O) groups is 1. The Balaban J connectivity index is 1.74. The molecule has 2 saturated heterocycles. The van der Waals surface area contributed by atoms with Gasteiger partial charge in [-0.25, -0.2) is 0 Å². The van der Waals surface area contributed by atoms with Crippen molar-refractivity contribution < 1.29 is 64.6 Å². The van der Waals surface area contributed by atoms with Crippen LogP contribution in [0.15, 0.2) is 85.1 Å². The van der Waals surface area contributed by atoms with Crippen LogP contribution in [0.4, 0.5) is 0 Å². The molecular formula is C50H83NO13. The van der Waals surface area contributed by atoms with Gasteiger partial charge < -0.3 is 65.1 Å². The Morgan fingerprint density at radius 1 is 0.578 bits per heavy atom. The highest BCUT2D eigenvalue weighted by molar-refractivity contribution is 5.76. The zero-order valence-electron chi connectivity index (χ0n) is 38.5. The van der Waals surface area contributed by atoms with E-state index in [4.69, 9.17) is 18.9 Å². The van der Waals surface area contributed by atoms with Crippen molar-refractivity contribution >= 4 is 5.91 Å². The highest BCUT2D eigenvalue weighted by Crippen LogP contribution is 2.30. The Morgan fingerprint density at radius 2 is 1.08 bits per heavy atom. The van der Waals surface area contributed by atoms with Crippen molar-refractivity contribution in [2.24, 2.45) is 0 Å². The lowest BCUT2D eigenvalue weighted by Crippen LogP contribution is -2.65. The number of nitrogens with one attached hydrogen (secondary N) is 1. The summed E-state index contributed by atoms with van der Waals surface area (Å²) >= 11 is 0. The summed E-state index contributed by atoms with van der Waals surface area (Å²) in [6.07, 6.45) is 29.4. The fraction of sp³-hybridized carbons (Fsp3) is 0.700. The predicted molar refractivity (Wildman–Crippen MR) is 249 cm³/mol. The summed E-state index contributed by atoms with van der Waals surface area (Å²) in [6, 6.07) is -0.848. The van der Waals surface area contributed by atoms with E-state index < -0.39 is 86.8 Å². The zero-order valence-corrected chi connectivity index (χ0v) is 38.5. The van der Waals surface area contributed by atoms with E-state index in [-0.39, 0.29) is 18.9 Å². The largest absolute Gasteiger partial charge is 0.394 e. The molecule has 14 nitrogen and oxygen atoms in total. The lowest BCUT2D eigenvalue weighted by molar-refractivity contribution is -0.359. The average Bonchev–Trinajstić information content (AvgIpc) is 3.29. The van der Waals surface area contributed by atoms with E-state index in [0.717, 1.165) is 96.3 Å². The van der Waals surface area contributed by atoms with Gasteiger partial charge in [0.15, 0.2) is 12.6 Å². The second kappa shape index (κ2) is 36.3. The molecule has 14 heteroatoms. The van der Waals surface area contributed by atoms with Gasteiger partial charge in [0.2, 0.25) is 5.91 Å². The van der Waals surface area contributed by atoms with Gasteiger partial charge in [-0.15, -0.1) is 0 Å². The molecule has 0 saturated carbocycles. The summed E-state index contributed by atoms with van der Waals surface area (Å²) in [4.78, 5) is 13.1. The molecule has 366 valence electrons. The maximum atomic E-state index is 13.1. The van der Waals surface area contributed by atoms with Crippen molar-refractivity contribution in [3.8, 4) is 0 Å². The number of allylic oxidation sites excluding steroid dienone is 14.